The first-order chi connectivity index (χ1) is 12.5. The topological polar surface area (TPSA) is 72.2 Å². The zero-order valence-electron chi connectivity index (χ0n) is 14.7. The van der Waals surface area contributed by atoms with Crippen LogP contribution in [0.5, 0.6) is 0 Å². The molecule has 3 heterocycles. The largest absolute Gasteiger partial charge is 0.303 e. The molecule has 0 atom stereocenters. The number of halogens is 1. The van der Waals surface area contributed by atoms with Gasteiger partial charge in [0.25, 0.3) is 5.91 Å². The number of rotatable bonds is 4. The Morgan fingerprint density at radius 3 is 2.73 bits per heavy atom. The summed E-state index contributed by atoms with van der Waals surface area (Å²) < 4.78 is 2.05. The van der Waals surface area contributed by atoms with E-state index in [9.17, 15) is 4.79 Å². The van der Waals surface area contributed by atoms with E-state index in [1.54, 1.807) is 24.5 Å². The highest BCUT2D eigenvalue weighted by Crippen LogP contribution is 2.19. The second-order valence-corrected chi connectivity index (χ2v) is 6.25. The first-order valence-electron chi connectivity index (χ1n) is 8.03. The number of nitrogens with zero attached hydrogens (tertiary/aromatic N) is 4. The molecule has 6 nitrogen and oxygen atoms in total. The van der Waals surface area contributed by atoms with Gasteiger partial charge in [0, 0.05) is 29.3 Å². The van der Waals surface area contributed by atoms with E-state index in [0.29, 0.717) is 0 Å². The lowest BCUT2D eigenvalue weighted by molar-refractivity contribution is 0.0955. The van der Waals surface area contributed by atoms with Crippen molar-refractivity contribution in [1.82, 2.24) is 20.0 Å². The molecule has 3 aromatic heterocycles. The minimum absolute atomic E-state index is 0.142. The number of hydrogen-bond acceptors (Lipinski definition) is 4. The number of nitrogens with one attached hydrogen (secondary N) is 1. The summed E-state index contributed by atoms with van der Waals surface area (Å²) in [6, 6.07) is 9.21. The van der Waals surface area contributed by atoms with Crippen molar-refractivity contribution in [3.63, 3.8) is 0 Å². The molecule has 1 amide bonds. The molecule has 0 aromatic carbocycles. The van der Waals surface area contributed by atoms with Crippen LogP contribution in [-0.4, -0.2) is 26.7 Å². The van der Waals surface area contributed by atoms with E-state index in [-0.39, 0.29) is 10.7 Å². The lowest BCUT2D eigenvalue weighted by Gasteiger charge is -2.08. The molecule has 7 heteroatoms. The molecule has 0 radical (unpaired) electrons. The van der Waals surface area contributed by atoms with Gasteiger partial charge >= 0.3 is 0 Å². The fraction of sp³-hybridized carbons (Fsp3) is 0.158. The van der Waals surface area contributed by atoms with Gasteiger partial charge in [0.2, 0.25) is 0 Å². The van der Waals surface area contributed by atoms with E-state index in [1.807, 2.05) is 43.5 Å². The third-order valence-electron chi connectivity index (χ3n) is 3.97. The summed E-state index contributed by atoms with van der Waals surface area (Å²) in [4.78, 5) is 20.4. The third kappa shape index (κ3) is 3.65. The summed E-state index contributed by atoms with van der Waals surface area (Å²) in [6.07, 6.45) is 4.92. The Labute approximate surface area is 156 Å². The van der Waals surface area contributed by atoms with Crippen molar-refractivity contribution < 1.29 is 4.79 Å². The second-order valence-electron chi connectivity index (χ2n) is 5.89. The Morgan fingerprint density at radius 1 is 1.19 bits per heavy atom. The highest BCUT2D eigenvalue weighted by atomic mass is 35.5. The first kappa shape index (κ1) is 17.8. The summed E-state index contributed by atoms with van der Waals surface area (Å²) in [7, 11) is 0. The maximum atomic E-state index is 12.1. The van der Waals surface area contributed by atoms with Gasteiger partial charge in [-0.3, -0.25) is 4.79 Å². The van der Waals surface area contributed by atoms with Crippen LogP contribution in [0.4, 0.5) is 0 Å². The van der Waals surface area contributed by atoms with Gasteiger partial charge in [-0.25, -0.2) is 15.4 Å². The van der Waals surface area contributed by atoms with Gasteiger partial charge in [-0.15, -0.1) is 0 Å². The van der Waals surface area contributed by atoms with Gasteiger partial charge in [0.05, 0.1) is 11.8 Å². The number of hydrogen-bond donors (Lipinski definition) is 1. The molecule has 1 N–H and O–H groups in total. The van der Waals surface area contributed by atoms with Crippen LogP contribution in [0.25, 0.3) is 5.82 Å². The Bertz CT molecular complexity index is 993. The maximum absolute atomic E-state index is 12.1. The van der Waals surface area contributed by atoms with Crippen LogP contribution in [0.1, 0.15) is 32.9 Å². The maximum Gasteiger partial charge on any atom is 0.274 e. The number of aromatic nitrogens is 3. The number of amides is 1. The van der Waals surface area contributed by atoms with E-state index in [4.69, 9.17) is 11.6 Å². The van der Waals surface area contributed by atoms with Gasteiger partial charge in [-0.2, -0.15) is 5.10 Å². The molecule has 0 aliphatic carbocycles. The Morgan fingerprint density at radius 2 is 2.00 bits per heavy atom. The van der Waals surface area contributed by atoms with Gasteiger partial charge in [-0.1, -0.05) is 11.6 Å². The predicted octanol–water partition coefficient (Wildman–Crippen LogP) is 3.61. The average Bonchev–Trinajstić information content (AvgIpc) is 2.89. The Kier molecular flexibility index (Phi) is 5.14. The monoisotopic (exact) mass is 367 g/mol. The van der Waals surface area contributed by atoms with Crippen molar-refractivity contribution in [2.45, 2.75) is 20.8 Å². The highest BCUT2D eigenvalue weighted by Gasteiger charge is 2.12. The standard InChI is InChI=1S/C19H18ClN5O/c1-12-6-8-21-17(9-12)25-13(2)10-15(14(25)3)11-23-24-19(26)16-5-4-7-22-18(16)20/h4-11H,1-3H3,(H,24,26). The quantitative estimate of drug-likeness (QED) is 0.435. The number of pyridine rings is 2. The number of hydrazone groups is 1. The fourth-order valence-electron chi connectivity index (χ4n) is 2.69. The van der Waals surface area contributed by atoms with E-state index >= 15 is 0 Å². The molecule has 0 saturated heterocycles. The summed E-state index contributed by atoms with van der Waals surface area (Å²) >= 11 is 5.91. The van der Waals surface area contributed by atoms with Crippen LogP contribution in [-0.2, 0) is 0 Å². The minimum atomic E-state index is -0.409. The molecule has 0 saturated carbocycles. The van der Waals surface area contributed by atoms with E-state index in [0.717, 1.165) is 28.3 Å². The molecule has 3 aromatic rings. The lowest BCUT2D eigenvalue weighted by atomic mass is 10.2. The summed E-state index contributed by atoms with van der Waals surface area (Å²) in [5.41, 5.74) is 6.80. The first-order valence-corrected chi connectivity index (χ1v) is 8.41. The fourth-order valence-corrected chi connectivity index (χ4v) is 2.89. The van der Waals surface area contributed by atoms with Crippen LogP contribution in [0.15, 0.2) is 47.8 Å². The molecule has 26 heavy (non-hydrogen) atoms. The molecular formula is C19H18ClN5O. The molecule has 0 spiro atoms. The zero-order chi connectivity index (χ0) is 18.7. The highest BCUT2D eigenvalue weighted by molar-refractivity contribution is 6.32. The van der Waals surface area contributed by atoms with Gasteiger partial charge < -0.3 is 4.57 Å². The van der Waals surface area contributed by atoms with Gasteiger partial charge in [0.1, 0.15) is 11.0 Å². The van der Waals surface area contributed by atoms with Gasteiger partial charge in [-0.05, 0) is 56.7 Å². The Balaban J connectivity index is 1.81. The van der Waals surface area contributed by atoms with Crippen LogP contribution >= 0.6 is 11.6 Å². The van der Waals surface area contributed by atoms with Crippen LogP contribution < -0.4 is 5.43 Å². The molecular weight excluding hydrogens is 350 g/mol. The second kappa shape index (κ2) is 7.49. The normalized spacial score (nSPS) is 11.1. The smallest absolute Gasteiger partial charge is 0.274 e. The summed E-state index contributed by atoms with van der Waals surface area (Å²) in [6.45, 7) is 6.02. The average molecular weight is 368 g/mol. The lowest BCUT2D eigenvalue weighted by Crippen LogP contribution is -2.18. The zero-order valence-corrected chi connectivity index (χ0v) is 15.4. The molecule has 0 bridgehead atoms. The third-order valence-corrected chi connectivity index (χ3v) is 4.28. The molecule has 3 rings (SSSR count). The van der Waals surface area contributed by atoms with Crippen molar-refractivity contribution in [3.05, 3.63) is 76.0 Å². The molecule has 0 unspecified atom stereocenters. The Hall–Kier alpha value is -2.99. The number of aryl methyl sites for hydroxylation is 2. The summed E-state index contributed by atoms with van der Waals surface area (Å²) in [5.74, 6) is 0.444. The SMILES string of the molecule is Cc1ccnc(-n2c(C)cc(C=NNC(=O)c3cccnc3Cl)c2C)c1. The summed E-state index contributed by atoms with van der Waals surface area (Å²) in [5, 5.41) is 4.18. The number of carbonyl (C=O) groups excluding carboxylic acids is 1. The van der Waals surface area contributed by atoms with Crippen LogP contribution in [0, 0.1) is 20.8 Å². The van der Waals surface area contributed by atoms with Crippen molar-refractivity contribution in [2.75, 3.05) is 0 Å². The van der Waals surface area contributed by atoms with Crippen LogP contribution in [0.2, 0.25) is 5.15 Å². The van der Waals surface area contributed by atoms with Crippen molar-refractivity contribution in [1.29, 1.82) is 0 Å². The molecule has 0 aliphatic heterocycles. The molecule has 132 valence electrons. The predicted molar refractivity (Wildman–Crippen MR) is 102 cm³/mol. The molecule has 0 aliphatic rings. The van der Waals surface area contributed by atoms with Crippen molar-refractivity contribution in [3.8, 4) is 5.82 Å². The van der Waals surface area contributed by atoms with E-state index in [1.165, 1.54) is 6.20 Å². The minimum Gasteiger partial charge on any atom is -0.303 e. The van der Waals surface area contributed by atoms with Crippen molar-refractivity contribution in [2.24, 2.45) is 5.10 Å². The number of carbonyl (C=O) groups is 1. The molecule has 0 fully saturated rings. The van der Waals surface area contributed by atoms with E-state index in [2.05, 4.69) is 20.5 Å². The van der Waals surface area contributed by atoms with Crippen LogP contribution in [0.3, 0.4) is 0 Å². The van der Waals surface area contributed by atoms with Gasteiger partial charge in [0.15, 0.2) is 0 Å². The van der Waals surface area contributed by atoms with E-state index < -0.39 is 5.91 Å². The van der Waals surface area contributed by atoms with Crippen molar-refractivity contribution >= 4 is 23.7 Å².